The number of alkyl halides is 1. The zero-order valence-electron chi connectivity index (χ0n) is 9.79. The number of imidazole rings is 1. The van der Waals surface area contributed by atoms with Gasteiger partial charge in [-0.3, -0.25) is 0 Å². The van der Waals surface area contributed by atoms with E-state index in [1.54, 1.807) is 6.20 Å². The number of halogens is 2. The van der Waals surface area contributed by atoms with Crippen molar-refractivity contribution in [2.75, 3.05) is 0 Å². The van der Waals surface area contributed by atoms with E-state index in [0.29, 0.717) is 10.9 Å². The zero-order valence-corrected chi connectivity index (χ0v) is 11.3. The smallest absolute Gasteiger partial charge is 0.160 e. The van der Waals surface area contributed by atoms with Crippen LogP contribution in [0.2, 0.25) is 5.02 Å². The van der Waals surface area contributed by atoms with Gasteiger partial charge in [-0.25, -0.2) is 9.97 Å². The molecular formula is C12H15Cl2N3. The zero-order chi connectivity index (χ0) is 12.3. The maximum atomic E-state index is 5.91. The van der Waals surface area contributed by atoms with Crippen molar-refractivity contribution in [2.24, 2.45) is 0 Å². The lowest BCUT2D eigenvalue weighted by Gasteiger charge is -2.05. The van der Waals surface area contributed by atoms with E-state index in [-0.39, 0.29) is 0 Å². The molecule has 92 valence electrons. The van der Waals surface area contributed by atoms with E-state index in [9.17, 15) is 0 Å². The Kier molecular flexibility index (Phi) is 4.24. The fourth-order valence-corrected chi connectivity index (χ4v) is 2.25. The van der Waals surface area contributed by atoms with Crippen molar-refractivity contribution in [1.29, 1.82) is 0 Å². The van der Waals surface area contributed by atoms with Crippen LogP contribution in [0.4, 0.5) is 0 Å². The number of hydrogen-bond acceptors (Lipinski definition) is 2. The highest BCUT2D eigenvalue weighted by molar-refractivity contribution is 6.31. The second kappa shape index (κ2) is 5.69. The van der Waals surface area contributed by atoms with Crippen molar-refractivity contribution >= 4 is 34.4 Å². The normalized spacial score (nSPS) is 11.2. The molecule has 2 heterocycles. The molecule has 0 bridgehead atoms. The third-order valence-corrected chi connectivity index (χ3v) is 3.18. The summed E-state index contributed by atoms with van der Waals surface area (Å²) in [7, 11) is 0. The number of aromatic nitrogens is 3. The van der Waals surface area contributed by atoms with Gasteiger partial charge in [0, 0.05) is 12.7 Å². The molecule has 0 saturated heterocycles. The highest BCUT2D eigenvalue weighted by Gasteiger charge is 2.10. The van der Waals surface area contributed by atoms with E-state index in [4.69, 9.17) is 23.2 Å². The molecule has 0 N–H and O–H groups in total. The summed E-state index contributed by atoms with van der Waals surface area (Å²) in [4.78, 5) is 8.79. The first kappa shape index (κ1) is 12.7. The molecule has 0 atom stereocenters. The van der Waals surface area contributed by atoms with Gasteiger partial charge in [0.2, 0.25) is 0 Å². The Morgan fingerprint density at radius 2 is 2.18 bits per heavy atom. The Labute approximate surface area is 111 Å². The van der Waals surface area contributed by atoms with E-state index < -0.39 is 0 Å². The highest BCUT2D eigenvalue weighted by Crippen LogP contribution is 2.19. The Balaban J connectivity index is 2.36. The Bertz CT molecular complexity index is 508. The summed E-state index contributed by atoms with van der Waals surface area (Å²) < 4.78 is 2.09. The molecule has 2 rings (SSSR count). The van der Waals surface area contributed by atoms with Crippen LogP contribution >= 0.6 is 23.2 Å². The van der Waals surface area contributed by atoms with Gasteiger partial charge in [-0.2, -0.15) is 0 Å². The second-order valence-electron chi connectivity index (χ2n) is 4.02. The molecule has 17 heavy (non-hydrogen) atoms. The minimum Gasteiger partial charge on any atom is -0.312 e. The molecular weight excluding hydrogens is 257 g/mol. The predicted octanol–water partition coefficient (Wildman–Crippen LogP) is 4.01. The van der Waals surface area contributed by atoms with Crippen LogP contribution in [0.15, 0.2) is 12.3 Å². The number of unbranched alkanes of at least 4 members (excludes halogenated alkanes) is 2. The summed E-state index contributed by atoms with van der Waals surface area (Å²) in [6.45, 7) is 3.10. The minimum atomic E-state index is 0.403. The first-order valence-corrected chi connectivity index (χ1v) is 6.74. The van der Waals surface area contributed by atoms with Crippen LogP contribution in [-0.2, 0) is 12.4 Å². The van der Waals surface area contributed by atoms with E-state index in [2.05, 4.69) is 21.5 Å². The lowest BCUT2D eigenvalue weighted by Crippen LogP contribution is -2.03. The molecule has 0 fully saturated rings. The van der Waals surface area contributed by atoms with Crippen LogP contribution < -0.4 is 0 Å². The maximum absolute atomic E-state index is 5.91. The molecule has 0 aliphatic rings. The van der Waals surface area contributed by atoms with Crippen molar-refractivity contribution in [3.05, 3.63) is 23.1 Å². The molecule has 0 amide bonds. The molecule has 0 spiro atoms. The van der Waals surface area contributed by atoms with E-state index in [1.807, 2.05) is 6.07 Å². The van der Waals surface area contributed by atoms with Crippen LogP contribution in [0.1, 0.15) is 32.0 Å². The summed E-state index contributed by atoms with van der Waals surface area (Å²) in [5.74, 6) is 1.27. The highest BCUT2D eigenvalue weighted by atomic mass is 35.5. The summed E-state index contributed by atoms with van der Waals surface area (Å²) in [5.41, 5.74) is 1.70. The molecule has 2 aromatic heterocycles. The fraction of sp³-hybridized carbons (Fsp3) is 0.500. The van der Waals surface area contributed by atoms with Gasteiger partial charge >= 0.3 is 0 Å². The quantitative estimate of drug-likeness (QED) is 0.608. The maximum Gasteiger partial charge on any atom is 0.160 e. The molecule has 0 aliphatic carbocycles. The molecule has 0 unspecified atom stereocenters. The lowest BCUT2D eigenvalue weighted by molar-refractivity contribution is 0.597. The molecule has 3 nitrogen and oxygen atoms in total. The first-order chi connectivity index (χ1) is 8.26. The molecule has 5 heteroatoms. The minimum absolute atomic E-state index is 0.403. The van der Waals surface area contributed by atoms with Gasteiger partial charge < -0.3 is 4.57 Å². The largest absolute Gasteiger partial charge is 0.312 e. The van der Waals surface area contributed by atoms with Crippen molar-refractivity contribution in [3.63, 3.8) is 0 Å². The van der Waals surface area contributed by atoms with E-state index in [0.717, 1.165) is 30.0 Å². The molecule has 0 radical (unpaired) electrons. The average Bonchev–Trinajstić information content (AvgIpc) is 2.67. The van der Waals surface area contributed by atoms with E-state index in [1.165, 1.54) is 12.8 Å². The van der Waals surface area contributed by atoms with Gasteiger partial charge in [0.1, 0.15) is 11.3 Å². The van der Waals surface area contributed by atoms with Gasteiger partial charge in [-0.05, 0) is 12.5 Å². The standard InChI is InChI=1S/C12H15Cl2N3/c1-2-3-4-5-17-11(7-13)16-10-6-9(14)8-15-12(10)17/h6,8H,2-5,7H2,1H3. The first-order valence-electron chi connectivity index (χ1n) is 5.83. The average molecular weight is 272 g/mol. The molecule has 0 aliphatic heterocycles. The van der Waals surface area contributed by atoms with Crippen molar-refractivity contribution in [1.82, 2.24) is 14.5 Å². The van der Waals surface area contributed by atoms with Crippen molar-refractivity contribution in [2.45, 2.75) is 38.6 Å². The Hall–Kier alpha value is -0.800. The van der Waals surface area contributed by atoms with Gasteiger partial charge in [0.15, 0.2) is 5.65 Å². The number of hydrogen-bond donors (Lipinski definition) is 0. The second-order valence-corrected chi connectivity index (χ2v) is 4.72. The third kappa shape index (κ3) is 2.72. The number of fused-ring (bicyclic) bond motifs is 1. The summed E-state index contributed by atoms with van der Waals surface area (Å²) in [6.07, 6.45) is 5.17. The topological polar surface area (TPSA) is 30.7 Å². The van der Waals surface area contributed by atoms with E-state index >= 15 is 0 Å². The van der Waals surface area contributed by atoms with Crippen LogP contribution in [0, 0.1) is 0 Å². The molecule has 0 aromatic carbocycles. The summed E-state index contributed by atoms with van der Waals surface area (Å²) in [5, 5.41) is 0.608. The number of rotatable bonds is 5. The third-order valence-electron chi connectivity index (χ3n) is 2.74. The molecule has 2 aromatic rings. The summed E-state index contributed by atoms with van der Waals surface area (Å²) in [6, 6.07) is 1.83. The Morgan fingerprint density at radius 3 is 2.88 bits per heavy atom. The molecule has 0 saturated carbocycles. The predicted molar refractivity (Wildman–Crippen MR) is 71.6 cm³/mol. The van der Waals surface area contributed by atoms with Crippen LogP contribution in [0.25, 0.3) is 11.2 Å². The SMILES string of the molecule is CCCCCn1c(CCl)nc2cc(Cl)cnc21. The van der Waals surface area contributed by atoms with Gasteiger partial charge in [0.05, 0.1) is 10.9 Å². The number of aryl methyl sites for hydroxylation is 1. The van der Waals surface area contributed by atoms with Crippen molar-refractivity contribution in [3.8, 4) is 0 Å². The van der Waals surface area contributed by atoms with Crippen LogP contribution in [-0.4, -0.2) is 14.5 Å². The van der Waals surface area contributed by atoms with Crippen LogP contribution in [0.3, 0.4) is 0 Å². The van der Waals surface area contributed by atoms with Crippen molar-refractivity contribution < 1.29 is 0 Å². The fourth-order valence-electron chi connectivity index (χ4n) is 1.89. The summed E-state index contributed by atoms with van der Waals surface area (Å²) >= 11 is 11.8. The monoisotopic (exact) mass is 271 g/mol. The van der Waals surface area contributed by atoms with Gasteiger partial charge in [0.25, 0.3) is 0 Å². The number of pyridine rings is 1. The number of nitrogens with zero attached hydrogens (tertiary/aromatic N) is 3. The van der Waals surface area contributed by atoms with Gasteiger partial charge in [-0.1, -0.05) is 31.4 Å². The Morgan fingerprint density at radius 1 is 1.35 bits per heavy atom. The van der Waals surface area contributed by atoms with Crippen LogP contribution in [0.5, 0.6) is 0 Å². The van der Waals surface area contributed by atoms with Gasteiger partial charge in [-0.15, -0.1) is 11.6 Å². The lowest BCUT2D eigenvalue weighted by atomic mass is 10.2.